The smallest absolute Gasteiger partial charge is 0.123 e. The molecule has 0 spiro atoms. The predicted octanol–water partition coefficient (Wildman–Crippen LogP) is 4.94. The first kappa shape index (κ1) is 14.5. The molecule has 1 aromatic carbocycles. The molecule has 102 valence electrons. The second-order valence-corrected chi connectivity index (χ2v) is 6.23. The maximum atomic E-state index is 13.5. The van der Waals surface area contributed by atoms with Crippen LogP contribution in [0.4, 0.5) is 4.39 Å². The van der Waals surface area contributed by atoms with Crippen LogP contribution in [-0.2, 0) is 0 Å². The first-order valence-electron chi connectivity index (χ1n) is 6.36. The molecule has 0 radical (unpaired) electrons. The molecule has 1 heterocycles. The predicted molar refractivity (Wildman–Crippen MR) is 80.6 cm³/mol. The van der Waals surface area contributed by atoms with Crippen LogP contribution >= 0.6 is 22.9 Å². The minimum absolute atomic E-state index is 0.0400. The van der Waals surface area contributed by atoms with E-state index < -0.39 is 0 Å². The molecule has 0 saturated carbocycles. The normalized spacial score (nSPS) is 12.6. The fourth-order valence-corrected chi connectivity index (χ4v) is 3.20. The molecule has 1 unspecified atom stereocenters. The second-order valence-electron chi connectivity index (χ2n) is 4.50. The van der Waals surface area contributed by atoms with Gasteiger partial charge in [0.1, 0.15) is 5.82 Å². The van der Waals surface area contributed by atoms with Gasteiger partial charge in [0.2, 0.25) is 0 Å². The van der Waals surface area contributed by atoms with Crippen LogP contribution in [0.1, 0.15) is 34.7 Å². The van der Waals surface area contributed by atoms with Gasteiger partial charge in [-0.3, -0.25) is 0 Å². The van der Waals surface area contributed by atoms with Crippen LogP contribution in [0.2, 0.25) is 5.02 Å². The highest BCUT2D eigenvalue weighted by Crippen LogP contribution is 2.32. The number of rotatable bonds is 5. The van der Waals surface area contributed by atoms with Gasteiger partial charge < -0.3 is 5.32 Å². The summed E-state index contributed by atoms with van der Waals surface area (Å²) in [5.74, 6) is -0.254. The highest BCUT2D eigenvalue weighted by molar-refractivity contribution is 7.12. The third kappa shape index (κ3) is 3.56. The second kappa shape index (κ2) is 6.51. The zero-order chi connectivity index (χ0) is 13.8. The Labute approximate surface area is 122 Å². The van der Waals surface area contributed by atoms with Gasteiger partial charge in [0.05, 0.1) is 6.04 Å². The van der Waals surface area contributed by atoms with Crippen molar-refractivity contribution in [2.24, 2.45) is 0 Å². The SMILES string of the molecule is CCCNC(c1ccc(C)s1)c1cc(F)ccc1Cl. The molecule has 0 aliphatic rings. The maximum absolute atomic E-state index is 13.5. The lowest BCUT2D eigenvalue weighted by Crippen LogP contribution is -2.22. The first-order valence-corrected chi connectivity index (χ1v) is 7.56. The van der Waals surface area contributed by atoms with Gasteiger partial charge in [-0.2, -0.15) is 0 Å². The van der Waals surface area contributed by atoms with E-state index in [9.17, 15) is 4.39 Å². The summed E-state index contributed by atoms with van der Waals surface area (Å²) in [6.07, 6.45) is 1.02. The molecule has 1 aromatic heterocycles. The summed E-state index contributed by atoms with van der Waals surface area (Å²) in [6.45, 7) is 5.05. The molecule has 2 rings (SSSR count). The Kier molecular flexibility index (Phi) is 4.97. The Morgan fingerprint density at radius 2 is 2.11 bits per heavy atom. The third-order valence-electron chi connectivity index (χ3n) is 2.91. The van der Waals surface area contributed by atoms with Crippen molar-refractivity contribution in [2.45, 2.75) is 26.3 Å². The van der Waals surface area contributed by atoms with Crippen molar-refractivity contribution in [3.63, 3.8) is 0 Å². The Morgan fingerprint density at radius 1 is 1.32 bits per heavy atom. The average Bonchev–Trinajstić information content (AvgIpc) is 2.80. The highest BCUT2D eigenvalue weighted by Gasteiger charge is 2.18. The zero-order valence-corrected chi connectivity index (χ0v) is 12.6. The molecule has 19 heavy (non-hydrogen) atoms. The fraction of sp³-hybridized carbons (Fsp3) is 0.333. The summed E-state index contributed by atoms with van der Waals surface area (Å²) in [5, 5.41) is 4.04. The lowest BCUT2D eigenvalue weighted by molar-refractivity contribution is 0.591. The molecular formula is C15H17ClFNS. The van der Waals surface area contributed by atoms with E-state index in [4.69, 9.17) is 11.6 Å². The molecule has 4 heteroatoms. The minimum Gasteiger partial charge on any atom is -0.306 e. The van der Waals surface area contributed by atoms with Gasteiger partial charge in [0.25, 0.3) is 0 Å². The van der Waals surface area contributed by atoms with Crippen molar-refractivity contribution < 1.29 is 4.39 Å². The van der Waals surface area contributed by atoms with Gasteiger partial charge >= 0.3 is 0 Å². The molecule has 0 aliphatic carbocycles. The molecular weight excluding hydrogens is 281 g/mol. The summed E-state index contributed by atoms with van der Waals surface area (Å²) in [4.78, 5) is 2.41. The lowest BCUT2D eigenvalue weighted by Gasteiger charge is -2.19. The summed E-state index contributed by atoms with van der Waals surface area (Å²) >= 11 is 7.94. The van der Waals surface area contributed by atoms with Crippen LogP contribution in [0.15, 0.2) is 30.3 Å². The van der Waals surface area contributed by atoms with E-state index in [0.717, 1.165) is 18.5 Å². The fourth-order valence-electron chi connectivity index (χ4n) is 2.00. The van der Waals surface area contributed by atoms with Gasteiger partial charge in [0, 0.05) is 14.8 Å². The van der Waals surface area contributed by atoms with Gasteiger partial charge in [-0.05, 0) is 55.8 Å². The largest absolute Gasteiger partial charge is 0.306 e. The lowest BCUT2D eigenvalue weighted by atomic mass is 10.0. The summed E-state index contributed by atoms with van der Waals surface area (Å²) in [6, 6.07) is 8.64. The van der Waals surface area contributed by atoms with E-state index in [0.29, 0.717) is 5.02 Å². The number of halogens is 2. The van der Waals surface area contributed by atoms with Crippen LogP contribution in [0.25, 0.3) is 0 Å². The molecule has 0 saturated heterocycles. The van der Waals surface area contributed by atoms with Crippen molar-refractivity contribution in [3.05, 3.63) is 56.5 Å². The van der Waals surface area contributed by atoms with Gasteiger partial charge in [0.15, 0.2) is 0 Å². The van der Waals surface area contributed by atoms with E-state index in [-0.39, 0.29) is 11.9 Å². The van der Waals surface area contributed by atoms with Crippen LogP contribution in [0.3, 0.4) is 0 Å². The summed E-state index contributed by atoms with van der Waals surface area (Å²) < 4.78 is 13.5. The molecule has 1 N–H and O–H groups in total. The molecule has 1 nitrogen and oxygen atoms in total. The zero-order valence-electron chi connectivity index (χ0n) is 11.0. The number of thiophene rings is 1. The molecule has 0 fully saturated rings. The number of hydrogen-bond acceptors (Lipinski definition) is 2. The monoisotopic (exact) mass is 297 g/mol. The van der Waals surface area contributed by atoms with Crippen LogP contribution < -0.4 is 5.32 Å². The van der Waals surface area contributed by atoms with E-state index in [1.54, 1.807) is 17.4 Å². The number of nitrogens with one attached hydrogen (secondary N) is 1. The highest BCUT2D eigenvalue weighted by atomic mass is 35.5. The van der Waals surface area contributed by atoms with Crippen molar-refractivity contribution in [2.75, 3.05) is 6.54 Å². The molecule has 0 aliphatic heterocycles. The number of benzene rings is 1. The Morgan fingerprint density at radius 3 is 2.74 bits per heavy atom. The van der Waals surface area contributed by atoms with Gasteiger partial charge in [-0.25, -0.2) is 4.39 Å². The topological polar surface area (TPSA) is 12.0 Å². The maximum Gasteiger partial charge on any atom is 0.123 e. The van der Waals surface area contributed by atoms with E-state index in [2.05, 4.69) is 31.3 Å². The molecule has 2 aromatic rings. The quantitative estimate of drug-likeness (QED) is 0.824. The number of aryl methyl sites for hydroxylation is 1. The van der Waals surface area contributed by atoms with Crippen LogP contribution in [0.5, 0.6) is 0 Å². The first-order chi connectivity index (χ1) is 9.11. The Balaban J connectivity index is 2.39. The summed E-state index contributed by atoms with van der Waals surface area (Å²) in [7, 11) is 0. The number of hydrogen-bond donors (Lipinski definition) is 1. The van der Waals surface area contributed by atoms with E-state index in [1.165, 1.54) is 21.9 Å². The molecule has 1 atom stereocenters. The molecule has 0 bridgehead atoms. The third-order valence-corrected chi connectivity index (χ3v) is 4.32. The van der Waals surface area contributed by atoms with Gasteiger partial charge in [-0.15, -0.1) is 11.3 Å². The van der Waals surface area contributed by atoms with Crippen LogP contribution in [0, 0.1) is 12.7 Å². The van der Waals surface area contributed by atoms with Crippen molar-refractivity contribution >= 4 is 22.9 Å². The van der Waals surface area contributed by atoms with Crippen molar-refractivity contribution in [3.8, 4) is 0 Å². The minimum atomic E-state index is -0.254. The Hall–Kier alpha value is -0.900. The average molecular weight is 298 g/mol. The van der Waals surface area contributed by atoms with Crippen LogP contribution in [-0.4, -0.2) is 6.54 Å². The summed E-state index contributed by atoms with van der Waals surface area (Å²) in [5.41, 5.74) is 0.803. The van der Waals surface area contributed by atoms with E-state index in [1.807, 2.05) is 0 Å². The van der Waals surface area contributed by atoms with Gasteiger partial charge in [-0.1, -0.05) is 18.5 Å². The van der Waals surface area contributed by atoms with Crippen molar-refractivity contribution in [1.29, 1.82) is 0 Å². The van der Waals surface area contributed by atoms with E-state index >= 15 is 0 Å². The van der Waals surface area contributed by atoms with Crippen molar-refractivity contribution in [1.82, 2.24) is 5.32 Å². The Bertz CT molecular complexity index is 553. The standard InChI is InChI=1S/C15H17ClFNS/c1-3-8-18-15(14-7-4-10(2)19-14)12-9-11(17)5-6-13(12)16/h4-7,9,15,18H,3,8H2,1-2H3. The molecule has 0 amide bonds.